The summed E-state index contributed by atoms with van der Waals surface area (Å²) in [5.74, 6) is 0.0554. The molecule has 1 atom stereocenters. The minimum absolute atomic E-state index is 0.0554. The minimum Gasteiger partial charge on any atom is -0.369 e. The van der Waals surface area contributed by atoms with E-state index in [0.717, 1.165) is 50.5 Å². The molecule has 1 amide bonds. The number of carbonyl (C=O) groups excluding carboxylic acids is 1. The Morgan fingerprint density at radius 1 is 1.24 bits per heavy atom. The molecule has 2 heterocycles. The molecule has 2 N–H and O–H groups in total. The SMILES string of the molecule is CCNC1C(=O)Nc2cc(N3CCN(CC)CC3)ccc21. The Morgan fingerprint density at radius 3 is 2.67 bits per heavy atom. The number of carbonyl (C=O) groups is 1. The van der Waals surface area contributed by atoms with Crippen molar-refractivity contribution in [3.63, 3.8) is 0 Å². The van der Waals surface area contributed by atoms with Crippen LogP contribution in [0.3, 0.4) is 0 Å². The summed E-state index contributed by atoms with van der Waals surface area (Å²) in [4.78, 5) is 16.9. The van der Waals surface area contributed by atoms with Crippen molar-refractivity contribution in [2.75, 3.05) is 49.5 Å². The van der Waals surface area contributed by atoms with Crippen LogP contribution in [-0.2, 0) is 4.79 Å². The molecule has 0 radical (unpaired) electrons. The third-order valence-electron chi connectivity index (χ3n) is 4.46. The van der Waals surface area contributed by atoms with Gasteiger partial charge in [-0.1, -0.05) is 19.9 Å². The number of likely N-dealkylation sites (N-methyl/N-ethyl adjacent to an activating group) is 2. The first-order chi connectivity index (χ1) is 10.2. The number of hydrogen-bond donors (Lipinski definition) is 2. The molecule has 0 bridgehead atoms. The maximum atomic E-state index is 12.0. The second-order valence-corrected chi connectivity index (χ2v) is 5.67. The Balaban J connectivity index is 1.76. The van der Waals surface area contributed by atoms with Gasteiger partial charge in [0.25, 0.3) is 0 Å². The molecule has 1 aromatic carbocycles. The first-order valence-corrected chi connectivity index (χ1v) is 7.88. The molecular formula is C16H24N4O. The lowest BCUT2D eigenvalue weighted by Crippen LogP contribution is -2.46. The van der Waals surface area contributed by atoms with Gasteiger partial charge < -0.3 is 20.4 Å². The van der Waals surface area contributed by atoms with Crippen molar-refractivity contribution in [3.8, 4) is 0 Å². The van der Waals surface area contributed by atoms with Crippen LogP contribution in [0.25, 0.3) is 0 Å². The Morgan fingerprint density at radius 2 is 2.00 bits per heavy atom. The van der Waals surface area contributed by atoms with Crippen LogP contribution >= 0.6 is 0 Å². The average molecular weight is 288 g/mol. The monoisotopic (exact) mass is 288 g/mol. The van der Waals surface area contributed by atoms with Crippen LogP contribution in [0.2, 0.25) is 0 Å². The number of fused-ring (bicyclic) bond motifs is 1. The van der Waals surface area contributed by atoms with Gasteiger partial charge in [0.1, 0.15) is 6.04 Å². The van der Waals surface area contributed by atoms with Crippen molar-refractivity contribution < 1.29 is 4.79 Å². The molecule has 0 aromatic heterocycles. The van der Waals surface area contributed by atoms with E-state index in [4.69, 9.17) is 0 Å². The second-order valence-electron chi connectivity index (χ2n) is 5.67. The van der Waals surface area contributed by atoms with Gasteiger partial charge in [-0.05, 0) is 25.2 Å². The van der Waals surface area contributed by atoms with E-state index in [1.54, 1.807) is 0 Å². The summed E-state index contributed by atoms with van der Waals surface area (Å²) >= 11 is 0. The van der Waals surface area contributed by atoms with Crippen LogP contribution in [0, 0.1) is 0 Å². The fourth-order valence-corrected chi connectivity index (χ4v) is 3.18. The molecule has 5 heteroatoms. The highest BCUT2D eigenvalue weighted by molar-refractivity contribution is 6.03. The second kappa shape index (κ2) is 6.03. The molecule has 5 nitrogen and oxygen atoms in total. The van der Waals surface area contributed by atoms with Crippen LogP contribution in [0.4, 0.5) is 11.4 Å². The molecule has 21 heavy (non-hydrogen) atoms. The molecular weight excluding hydrogens is 264 g/mol. The zero-order valence-corrected chi connectivity index (χ0v) is 12.9. The molecule has 1 unspecified atom stereocenters. The van der Waals surface area contributed by atoms with Crippen LogP contribution in [0.5, 0.6) is 0 Å². The fourth-order valence-electron chi connectivity index (χ4n) is 3.18. The fraction of sp³-hybridized carbons (Fsp3) is 0.562. The third kappa shape index (κ3) is 2.76. The summed E-state index contributed by atoms with van der Waals surface area (Å²) in [6.45, 7) is 10.5. The number of piperazine rings is 1. The van der Waals surface area contributed by atoms with Gasteiger partial charge >= 0.3 is 0 Å². The molecule has 3 rings (SSSR count). The Hall–Kier alpha value is -1.59. The molecule has 0 spiro atoms. The van der Waals surface area contributed by atoms with E-state index in [0.29, 0.717) is 0 Å². The molecule has 114 valence electrons. The van der Waals surface area contributed by atoms with Gasteiger partial charge in [0.2, 0.25) is 5.91 Å². The summed E-state index contributed by atoms with van der Waals surface area (Å²) in [6.07, 6.45) is 0. The van der Waals surface area contributed by atoms with Crippen LogP contribution in [-0.4, -0.2) is 50.1 Å². The average Bonchev–Trinajstić information content (AvgIpc) is 2.83. The lowest BCUT2D eigenvalue weighted by atomic mass is 10.1. The number of anilines is 2. The van der Waals surface area contributed by atoms with Crippen molar-refractivity contribution in [1.29, 1.82) is 0 Å². The highest BCUT2D eigenvalue weighted by atomic mass is 16.2. The standard InChI is InChI=1S/C16H24N4O/c1-3-17-15-13-6-5-12(11-14(13)18-16(15)21)20-9-7-19(4-2)8-10-20/h5-6,11,15,17H,3-4,7-10H2,1-2H3,(H,18,21). The van der Waals surface area contributed by atoms with Crippen LogP contribution in [0.1, 0.15) is 25.5 Å². The topological polar surface area (TPSA) is 47.6 Å². The van der Waals surface area contributed by atoms with E-state index < -0.39 is 0 Å². The van der Waals surface area contributed by atoms with Crippen molar-refractivity contribution in [3.05, 3.63) is 23.8 Å². The number of hydrogen-bond acceptors (Lipinski definition) is 4. The number of benzene rings is 1. The van der Waals surface area contributed by atoms with Gasteiger partial charge in [-0.3, -0.25) is 4.79 Å². The molecule has 1 saturated heterocycles. The molecule has 1 aromatic rings. The van der Waals surface area contributed by atoms with Crippen LogP contribution in [0.15, 0.2) is 18.2 Å². The van der Waals surface area contributed by atoms with Crippen LogP contribution < -0.4 is 15.5 Å². The summed E-state index contributed by atoms with van der Waals surface area (Å²) in [5, 5.41) is 6.22. The van der Waals surface area contributed by atoms with Crippen molar-refractivity contribution in [2.45, 2.75) is 19.9 Å². The zero-order chi connectivity index (χ0) is 14.8. The van der Waals surface area contributed by atoms with E-state index in [2.05, 4.69) is 45.6 Å². The Bertz CT molecular complexity index is 523. The summed E-state index contributed by atoms with van der Waals surface area (Å²) in [5.41, 5.74) is 3.24. The van der Waals surface area contributed by atoms with E-state index >= 15 is 0 Å². The van der Waals surface area contributed by atoms with E-state index in [9.17, 15) is 4.79 Å². The molecule has 1 fully saturated rings. The summed E-state index contributed by atoms with van der Waals surface area (Å²) in [6, 6.07) is 6.15. The smallest absolute Gasteiger partial charge is 0.246 e. The normalized spacial score (nSPS) is 22.3. The highest BCUT2D eigenvalue weighted by Gasteiger charge is 2.30. The third-order valence-corrected chi connectivity index (χ3v) is 4.46. The van der Waals surface area contributed by atoms with E-state index in [-0.39, 0.29) is 11.9 Å². The quantitative estimate of drug-likeness (QED) is 0.880. The van der Waals surface area contributed by atoms with E-state index in [1.165, 1.54) is 5.69 Å². The zero-order valence-electron chi connectivity index (χ0n) is 12.9. The Kier molecular flexibility index (Phi) is 4.12. The van der Waals surface area contributed by atoms with Gasteiger partial charge in [0, 0.05) is 43.1 Å². The van der Waals surface area contributed by atoms with Crippen molar-refractivity contribution >= 4 is 17.3 Å². The number of amides is 1. The van der Waals surface area contributed by atoms with Gasteiger partial charge in [-0.15, -0.1) is 0 Å². The minimum atomic E-state index is -0.198. The predicted molar refractivity (Wildman–Crippen MR) is 85.8 cm³/mol. The lowest BCUT2D eigenvalue weighted by molar-refractivity contribution is -0.117. The number of rotatable bonds is 4. The number of nitrogens with zero attached hydrogens (tertiary/aromatic N) is 2. The Labute approximate surface area is 126 Å². The first kappa shape index (κ1) is 14.4. The lowest BCUT2D eigenvalue weighted by Gasteiger charge is -2.35. The van der Waals surface area contributed by atoms with E-state index in [1.807, 2.05) is 6.92 Å². The first-order valence-electron chi connectivity index (χ1n) is 7.88. The summed E-state index contributed by atoms with van der Waals surface area (Å²) in [7, 11) is 0. The number of nitrogens with one attached hydrogen (secondary N) is 2. The maximum absolute atomic E-state index is 12.0. The van der Waals surface area contributed by atoms with Gasteiger partial charge in [0.15, 0.2) is 0 Å². The largest absolute Gasteiger partial charge is 0.369 e. The van der Waals surface area contributed by atoms with Crippen molar-refractivity contribution in [1.82, 2.24) is 10.2 Å². The highest BCUT2D eigenvalue weighted by Crippen LogP contribution is 2.34. The molecule has 0 aliphatic carbocycles. The van der Waals surface area contributed by atoms with Gasteiger partial charge in [-0.25, -0.2) is 0 Å². The van der Waals surface area contributed by atoms with Gasteiger partial charge in [0.05, 0.1) is 0 Å². The molecule has 2 aliphatic heterocycles. The summed E-state index contributed by atoms with van der Waals surface area (Å²) < 4.78 is 0. The van der Waals surface area contributed by atoms with Gasteiger partial charge in [-0.2, -0.15) is 0 Å². The molecule has 0 saturated carbocycles. The molecule has 2 aliphatic rings. The maximum Gasteiger partial charge on any atom is 0.246 e. The van der Waals surface area contributed by atoms with Crippen molar-refractivity contribution in [2.24, 2.45) is 0 Å². The predicted octanol–water partition coefficient (Wildman–Crippen LogP) is 1.43.